The van der Waals surface area contributed by atoms with Crippen LogP contribution in [0.1, 0.15) is 16.7 Å². The van der Waals surface area contributed by atoms with Crippen LogP contribution in [-0.4, -0.2) is 18.8 Å². The fourth-order valence-electron chi connectivity index (χ4n) is 3.05. The molecule has 3 aromatic carbocycles. The number of ether oxygens (including phenoxy) is 1. The molecule has 0 unspecified atom stereocenters. The van der Waals surface area contributed by atoms with Gasteiger partial charge in [-0.1, -0.05) is 54.1 Å². The van der Waals surface area contributed by atoms with E-state index in [1.165, 1.54) is 5.56 Å². The molecule has 0 amide bonds. The van der Waals surface area contributed by atoms with Gasteiger partial charge in [0.25, 0.3) is 0 Å². The minimum atomic E-state index is -1.09. The zero-order chi connectivity index (χ0) is 18.4. The van der Waals surface area contributed by atoms with Crippen LogP contribution in [0, 0.1) is 0 Å². The number of halogens is 1. The van der Waals surface area contributed by atoms with Crippen LogP contribution in [0.2, 0.25) is 5.02 Å². The topological polar surface area (TPSA) is 46.1 Å². The van der Waals surface area contributed by atoms with Crippen LogP contribution in [0.4, 0.5) is 0 Å². The first-order chi connectivity index (χ1) is 12.6. The zero-order valence-electron chi connectivity index (χ0n) is 14.7. The molecule has 0 bridgehead atoms. The van der Waals surface area contributed by atoms with E-state index in [0.717, 1.165) is 23.4 Å². The Balaban J connectivity index is 1.78. The van der Waals surface area contributed by atoms with Gasteiger partial charge in [-0.2, -0.15) is 0 Å². The van der Waals surface area contributed by atoms with Crippen molar-refractivity contribution in [2.45, 2.75) is 12.1 Å². The lowest BCUT2D eigenvalue weighted by Gasteiger charge is -2.28. The van der Waals surface area contributed by atoms with Crippen LogP contribution in [0.5, 0.6) is 5.75 Å². The van der Waals surface area contributed by atoms with Crippen molar-refractivity contribution in [3.8, 4) is 5.75 Å². The molecule has 3 rings (SSSR count). The number of methoxy groups -OCH3 is 1. The molecule has 0 saturated heterocycles. The molecule has 0 radical (unpaired) electrons. The van der Waals surface area contributed by atoms with Gasteiger partial charge in [0.2, 0.25) is 0 Å². The molecule has 3 N–H and O–H groups in total. The minimum absolute atomic E-state index is 0.505. The van der Waals surface area contributed by atoms with Gasteiger partial charge in [0.05, 0.1) is 7.11 Å². The molecule has 0 aliphatic carbocycles. The number of hydrogen-bond donors (Lipinski definition) is 2. The maximum Gasteiger partial charge on any atom is 0.163 e. The molecule has 0 fully saturated rings. The van der Waals surface area contributed by atoms with Crippen molar-refractivity contribution in [1.82, 2.24) is 0 Å². The summed E-state index contributed by atoms with van der Waals surface area (Å²) in [7, 11) is 1.66. The number of nitrogens with two attached hydrogens (primary N) is 1. The molecule has 134 valence electrons. The first-order valence-corrected chi connectivity index (χ1v) is 8.98. The Hall–Kier alpha value is -2.33. The number of rotatable bonds is 7. The monoisotopic (exact) mass is 368 g/mol. The maximum absolute atomic E-state index is 11.5. The van der Waals surface area contributed by atoms with Crippen LogP contribution in [0.3, 0.4) is 0 Å². The Bertz CT molecular complexity index is 819. The van der Waals surface area contributed by atoms with Crippen LogP contribution in [0.15, 0.2) is 78.9 Å². The van der Waals surface area contributed by atoms with Crippen LogP contribution in [-0.2, 0) is 12.1 Å². The van der Waals surface area contributed by atoms with Gasteiger partial charge in [0.15, 0.2) is 5.60 Å². The molecule has 0 heterocycles. The highest BCUT2D eigenvalue weighted by atomic mass is 35.5. The minimum Gasteiger partial charge on any atom is -0.497 e. The highest BCUT2D eigenvalue weighted by molar-refractivity contribution is 6.30. The van der Waals surface area contributed by atoms with Crippen molar-refractivity contribution in [3.05, 3.63) is 101 Å². The van der Waals surface area contributed by atoms with E-state index in [2.05, 4.69) is 5.32 Å². The third-order valence-electron chi connectivity index (χ3n) is 4.55. The van der Waals surface area contributed by atoms with Crippen molar-refractivity contribution in [2.24, 2.45) is 0 Å². The van der Waals surface area contributed by atoms with Gasteiger partial charge in [-0.3, -0.25) is 0 Å². The van der Waals surface area contributed by atoms with Crippen LogP contribution >= 0.6 is 11.6 Å². The fraction of sp³-hybridized carbons (Fsp3) is 0.182. The van der Waals surface area contributed by atoms with Crippen molar-refractivity contribution in [3.63, 3.8) is 0 Å². The highest BCUT2D eigenvalue weighted by Gasteiger charge is 2.33. The van der Waals surface area contributed by atoms with Crippen molar-refractivity contribution < 1.29 is 15.2 Å². The van der Waals surface area contributed by atoms with Crippen molar-refractivity contribution in [2.75, 3.05) is 13.7 Å². The second-order valence-corrected chi connectivity index (χ2v) is 6.71. The Morgan fingerprint density at radius 2 is 1.50 bits per heavy atom. The standard InChI is InChI=1S/C22H22ClNO2/c1-26-21-13-7-17(8-14-21)15-24-16-22(25,18-5-3-2-4-6-18)19-9-11-20(23)12-10-19/h2-14,24-25H,15-16H2,1H3/p+1/t22-/m0/s1. The third kappa shape index (κ3) is 4.25. The summed E-state index contributed by atoms with van der Waals surface area (Å²) in [5.41, 5.74) is 1.79. The third-order valence-corrected chi connectivity index (χ3v) is 4.80. The molecule has 0 aliphatic rings. The highest BCUT2D eigenvalue weighted by Crippen LogP contribution is 2.29. The van der Waals surface area contributed by atoms with Gasteiger partial charge in [0, 0.05) is 10.6 Å². The summed E-state index contributed by atoms with van der Waals surface area (Å²) in [4.78, 5) is 0. The second kappa shape index (κ2) is 8.37. The summed E-state index contributed by atoms with van der Waals surface area (Å²) in [5, 5.41) is 14.3. The summed E-state index contributed by atoms with van der Waals surface area (Å²) >= 11 is 6.02. The number of hydrogen-bond acceptors (Lipinski definition) is 2. The van der Waals surface area contributed by atoms with Crippen molar-refractivity contribution >= 4 is 11.6 Å². The molecule has 0 saturated carbocycles. The predicted molar refractivity (Wildman–Crippen MR) is 104 cm³/mol. The Kier molecular flexibility index (Phi) is 5.94. The van der Waals surface area contributed by atoms with Gasteiger partial charge in [-0.05, 0) is 47.5 Å². The largest absolute Gasteiger partial charge is 0.497 e. The lowest BCUT2D eigenvalue weighted by atomic mass is 9.86. The van der Waals surface area contributed by atoms with E-state index in [1.807, 2.05) is 78.9 Å². The Labute approximate surface area is 159 Å². The van der Waals surface area contributed by atoms with Crippen LogP contribution < -0.4 is 10.1 Å². The van der Waals surface area contributed by atoms with E-state index < -0.39 is 5.60 Å². The average molecular weight is 369 g/mol. The first-order valence-electron chi connectivity index (χ1n) is 8.60. The van der Waals surface area contributed by atoms with E-state index in [1.54, 1.807) is 7.11 Å². The molecule has 0 aliphatic heterocycles. The van der Waals surface area contributed by atoms with Gasteiger partial charge >= 0.3 is 0 Å². The molecule has 3 aromatic rings. The van der Waals surface area contributed by atoms with Gasteiger partial charge in [-0.25, -0.2) is 0 Å². The Morgan fingerprint density at radius 3 is 2.12 bits per heavy atom. The van der Waals surface area contributed by atoms with E-state index in [9.17, 15) is 5.11 Å². The molecule has 0 spiro atoms. The maximum atomic E-state index is 11.5. The fourth-order valence-corrected chi connectivity index (χ4v) is 3.18. The normalized spacial score (nSPS) is 13.2. The first kappa shape index (κ1) is 18.5. The number of benzene rings is 3. The van der Waals surface area contributed by atoms with Crippen molar-refractivity contribution in [1.29, 1.82) is 0 Å². The lowest BCUT2D eigenvalue weighted by Crippen LogP contribution is -2.86. The quantitative estimate of drug-likeness (QED) is 0.671. The molecule has 4 heteroatoms. The SMILES string of the molecule is COc1ccc(C[NH2+]C[C@](O)(c2ccccc2)c2ccc(Cl)cc2)cc1. The van der Waals surface area contributed by atoms with E-state index in [-0.39, 0.29) is 0 Å². The van der Waals surface area contributed by atoms with E-state index >= 15 is 0 Å². The Morgan fingerprint density at radius 1 is 0.885 bits per heavy atom. The smallest absolute Gasteiger partial charge is 0.163 e. The van der Waals surface area contributed by atoms with Crippen LogP contribution in [0.25, 0.3) is 0 Å². The summed E-state index contributed by atoms with van der Waals surface area (Å²) in [6, 6.07) is 25.1. The van der Waals surface area contributed by atoms with Gasteiger partial charge in [0.1, 0.15) is 18.8 Å². The summed E-state index contributed by atoms with van der Waals surface area (Å²) in [5.74, 6) is 0.843. The van der Waals surface area contributed by atoms with E-state index in [4.69, 9.17) is 16.3 Å². The molecule has 1 atom stereocenters. The van der Waals surface area contributed by atoms with E-state index in [0.29, 0.717) is 11.6 Å². The molecule has 3 nitrogen and oxygen atoms in total. The molecular weight excluding hydrogens is 346 g/mol. The zero-order valence-corrected chi connectivity index (χ0v) is 15.5. The summed E-state index contributed by atoms with van der Waals surface area (Å²) in [6.07, 6.45) is 0. The predicted octanol–water partition coefficient (Wildman–Crippen LogP) is 3.35. The molecular formula is C22H23ClNO2+. The molecule has 0 aromatic heterocycles. The second-order valence-electron chi connectivity index (χ2n) is 6.28. The number of aliphatic hydroxyl groups is 1. The number of quaternary nitrogens is 1. The summed E-state index contributed by atoms with van der Waals surface area (Å²) < 4.78 is 5.19. The van der Waals surface area contributed by atoms with Gasteiger partial charge in [-0.15, -0.1) is 0 Å². The molecule has 26 heavy (non-hydrogen) atoms. The van der Waals surface area contributed by atoms with Gasteiger partial charge < -0.3 is 15.2 Å². The average Bonchev–Trinajstić information content (AvgIpc) is 2.69. The summed E-state index contributed by atoms with van der Waals surface area (Å²) in [6.45, 7) is 1.28. The lowest BCUT2D eigenvalue weighted by molar-refractivity contribution is -0.682.